The third-order valence-corrected chi connectivity index (χ3v) is 16.8. The van der Waals surface area contributed by atoms with Gasteiger partial charge in [-0.2, -0.15) is 0 Å². The molecule has 0 aromatic carbocycles. The number of carbonyl (C=O) groups is 1. The van der Waals surface area contributed by atoms with Crippen molar-refractivity contribution in [3.05, 3.63) is 0 Å². The van der Waals surface area contributed by atoms with Gasteiger partial charge in [0.05, 0.1) is 72.2 Å². The van der Waals surface area contributed by atoms with Crippen LogP contribution in [0.5, 0.6) is 0 Å². The fraction of sp³-hybridized carbons (Fsp3) is 0.979. The standard InChI is InChI=1S/C47H80O17.H3N/c1-23-18-24(2)45(9,51)61-36(23)31-19-32(58-35-20-30(53-10)40(55-12)28(6)57-35)42(59-31)44(8)15-14-33(60-44)43(7)16-17-46(64-43)21-29(48)25(3)37(62-46)26(4)38-41(56-13)39(54-11)27(5)47(52,63-38)22-34(49)50;/h23-33,35-42,48,51-52H,14-22H2,1-13H3,(H,49,50);1H3/t23-,24+,25+,26+,27-,28-,29-,30-,31+,32-,33+,35+,36-,37-,38-,39-,40-,41-,42+,43-,44-,45-,46+,47+;/m0./s1. The van der Waals surface area contributed by atoms with E-state index in [1.807, 2.05) is 34.6 Å². The molecule has 18 heteroatoms. The molecule has 0 aliphatic carbocycles. The second-order valence-electron chi connectivity index (χ2n) is 21.3. The number of ether oxygens (including phenoxy) is 12. The fourth-order valence-electron chi connectivity index (χ4n) is 12.7. The van der Waals surface area contributed by atoms with Crippen LogP contribution in [0.4, 0.5) is 0 Å². The highest BCUT2D eigenvalue weighted by Crippen LogP contribution is 2.55. The van der Waals surface area contributed by atoms with Crippen LogP contribution in [0.3, 0.4) is 0 Å². The monoisotopic (exact) mass is 934 g/mol. The fourth-order valence-corrected chi connectivity index (χ4v) is 12.7. The van der Waals surface area contributed by atoms with Crippen LogP contribution in [-0.2, 0) is 61.6 Å². The van der Waals surface area contributed by atoms with Crippen LogP contribution in [0.15, 0.2) is 0 Å². The van der Waals surface area contributed by atoms with Gasteiger partial charge in [0.2, 0.25) is 0 Å². The van der Waals surface area contributed by atoms with Crippen LogP contribution in [-0.4, -0.2) is 164 Å². The number of quaternary nitrogens is 1. The molecule has 7 rings (SSSR count). The Morgan fingerprint density at radius 1 is 0.785 bits per heavy atom. The number of carboxylic acids is 1. The van der Waals surface area contributed by atoms with E-state index in [-0.39, 0.29) is 66.9 Å². The third-order valence-electron chi connectivity index (χ3n) is 16.8. The van der Waals surface area contributed by atoms with E-state index in [0.29, 0.717) is 38.5 Å². The zero-order chi connectivity index (χ0) is 46.9. The summed E-state index contributed by atoms with van der Waals surface area (Å²) in [5, 5.41) is 46.4. The van der Waals surface area contributed by atoms with Crippen molar-refractivity contribution in [1.29, 1.82) is 0 Å². The zero-order valence-electron chi connectivity index (χ0n) is 41.4. The van der Waals surface area contributed by atoms with E-state index in [2.05, 4.69) is 13.8 Å². The Balaban J connectivity index is 0.00000700. The van der Waals surface area contributed by atoms with Crippen LogP contribution in [0.1, 0.15) is 120 Å². The molecular weight excluding hydrogens is 851 g/mol. The van der Waals surface area contributed by atoms with Crippen molar-refractivity contribution in [2.75, 3.05) is 28.4 Å². The molecule has 7 saturated heterocycles. The predicted octanol–water partition coefficient (Wildman–Crippen LogP) is 3.36. The summed E-state index contributed by atoms with van der Waals surface area (Å²) in [4.78, 5) is 11.8. The molecule has 1 spiro atoms. The predicted molar refractivity (Wildman–Crippen MR) is 231 cm³/mol. The molecule has 7 heterocycles. The average Bonchev–Trinajstić information content (AvgIpc) is 3.94. The first-order valence-electron chi connectivity index (χ1n) is 23.8. The first-order chi connectivity index (χ1) is 30.0. The molecule has 18 nitrogen and oxygen atoms in total. The van der Waals surface area contributed by atoms with Gasteiger partial charge < -0.3 is 88.2 Å². The number of rotatable bonds is 13. The van der Waals surface area contributed by atoms with Crippen molar-refractivity contribution in [3.63, 3.8) is 0 Å². The van der Waals surface area contributed by atoms with E-state index in [9.17, 15) is 25.2 Å². The molecule has 65 heavy (non-hydrogen) atoms. The summed E-state index contributed by atoms with van der Waals surface area (Å²) in [5.74, 6) is -7.58. The molecule has 7 fully saturated rings. The summed E-state index contributed by atoms with van der Waals surface area (Å²) < 4.78 is 77.5. The average molecular weight is 934 g/mol. The van der Waals surface area contributed by atoms with Crippen molar-refractivity contribution in [1.82, 2.24) is 6.15 Å². The first-order valence-corrected chi connectivity index (χ1v) is 23.8. The number of aliphatic hydroxyl groups excluding tert-OH is 1. The van der Waals surface area contributed by atoms with Crippen LogP contribution < -0.4 is 11.3 Å². The molecule has 0 bridgehead atoms. The maximum atomic E-state index is 11.8. The number of carboxylic acid groups (broad SMARTS) is 1. The molecule has 0 aromatic rings. The number of aliphatic carboxylic acids is 1. The Bertz CT molecular complexity index is 1610. The van der Waals surface area contributed by atoms with Crippen molar-refractivity contribution in [2.24, 2.45) is 29.6 Å². The van der Waals surface area contributed by atoms with Gasteiger partial charge in [0.25, 0.3) is 0 Å². The van der Waals surface area contributed by atoms with Gasteiger partial charge in [0.15, 0.2) is 23.7 Å². The first kappa shape index (κ1) is 53.2. The maximum Gasteiger partial charge on any atom is 0.176 e. The largest absolute Gasteiger partial charge is 0.550 e. The SMILES string of the molecule is CO[C@@H]1[C@@H](OC)[C@H](C)[C@@](O)(CC(=O)[O-])O[C@H]1[C@H](C)[C@H]1O[C@@]2(CC[C@@](C)([C@H]3CC[C@@](C)([C@@H]4O[C@@H]([C@H]5O[C@](C)(O)[C@H](C)C[C@@H]5C)C[C@@H]4O[C@@H]4C[C@H](OC)[C@@H](OC)[C@H](C)O4)O3)O2)C[C@H](O)[C@H]1C.[NH4+]. The van der Waals surface area contributed by atoms with Gasteiger partial charge in [-0.25, -0.2) is 0 Å². The van der Waals surface area contributed by atoms with Crippen molar-refractivity contribution in [2.45, 2.75) is 234 Å². The van der Waals surface area contributed by atoms with E-state index >= 15 is 0 Å². The highest BCUT2D eigenvalue weighted by atomic mass is 16.7. The topological polar surface area (TPSA) is 248 Å². The number of methoxy groups -OCH3 is 4. The summed E-state index contributed by atoms with van der Waals surface area (Å²) in [6, 6.07) is 0. The van der Waals surface area contributed by atoms with E-state index in [1.54, 1.807) is 28.1 Å². The summed E-state index contributed by atoms with van der Waals surface area (Å²) in [7, 11) is 6.34. The van der Waals surface area contributed by atoms with Crippen molar-refractivity contribution in [3.8, 4) is 0 Å². The van der Waals surface area contributed by atoms with Crippen LogP contribution in [0.2, 0.25) is 0 Å². The number of aliphatic hydroxyl groups is 3. The van der Waals surface area contributed by atoms with E-state index in [4.69, 9.17) is 56.8 Å². The molecule has 378 valence electrons. The summed E-state index contributed by atoms with van der Waals surface area (Å²) in [6.07, 6.45) is -3.46. The molecule has 0 radical (unpaired) electrons. The van der Waals surface area contributed by atoms with Gasteiger partial charge in [0, 0.05) is 90.2 Å². The quantitative estimate of drug-likeness (QED) is 0.207. The van der Waals surface area contributed by atoms with Crippen LogP contribution in [0, 0.1) is 29.6 Å². The van der Waals surface area contributed by atoms with E-state index in [1.165, 1.54) is 14.2 Å². The molecule has 0 saturated carbocycles. The highest BCUT2D eigenvalue weighted by molar-refractivity contribution is 5.65. The lowest BCUT2D eigenvalue weighted by atomic mass is 9.75. The molecule has 7 N–H and O–H groups in total. The Kier molecular flexibility index (Phi) is 16.3. The summed E-state index contributed by atoms with van der Waals surface area (Å²) >= 11 is 0. The molecule has 0 aromatic heterocycles. The second kappa shape index (κ2) is 19.9. The van der Waals surface area contributed by atoms with Gasteiger partial charge in [-0.3, -0.25) is 0 Å². The van der Waals surface area contributed by atoms with Gasteiger partial charge in [0.1, 0.15) is 18.3 Å². The maximum absolute atomic E-state index is 11.8. The van der Waals surface area contributed by atoms with Gasteiger partial charge in [-0.15, -0.1) is 0 Å². The Morgan fingerprint density at radius 2 is 1.46 bits per heavy atom. The molecule has 24 atom stereocenters. The van der Waals surface area contributed by atoms with Gasteiger partial charge >= 0.3 is 0 Å². The normalized spacial score (nSPS) is 53.2. The Morgan fingerprint density at radius 3 is 2.09 bits per heavy atom. The lowest BCUT2D eigenvalue weighted by Gasteiger charge is -2.54. The third kappa shape index (κ3) is 10.1. The zero-order valence-corrected chi connectivity index (χ0v) is 41.4. The minimum absolute atomic E-state index is 0. The van der Waals surface area contributed by atoms with Gasteiger partial charge in [-0.05, 0) is 59.3 Å². The van der Waals surface area contributed by atoms with Crippen LogP contribution >= 0.6 is 0 Å². The highest BCUT2D eigenvalue weighted by Gasteiger charge is 2.63. The second-order valence-corrected chi connectivity index (χ2v) is 21.3. The van der Waals surface area contributed by atoms with E-state index in [0.717, 1.165) is 6.42 Å². The van der Waals surface area contributed by atoms with Crippen LogP contribution in [0.25, 0.3) is 0 Å². The molecule has 7 aliphatic rings. The number of hydrogen-bond donors (Lipinski definition) is 4. The van der Waals surface area contributed by atoms with Crippen molar-refractivity contribution >= 4 is 5.97 Å². The minimum Gasteiger partial charge on any atom is -0.550 e. The molecule has 0 amide bonds. The molecule has 0 unspecified atom stereocenters. The van der Waals surface area contributed by atoms with Gasteiger partial charge in [-0.1, -0.05) is 34.6 Å². The Hall–Kier alpha value is -1.17. The minimum atomic E-state index is -2.09. The number of hydrogen-bond acceptors (Lipinski definition) is 17. The smallest absolute Gasteiger partial charge is 0.176 e. The Labute approximate surface area is 385 Å². The lowest BCUT2D eigenvalue weighted by Crippen LogP contribution is -2.66. The lowest BCUT2D eigenvalue weighted by molar-refractivity contribution is -0.373. The molecular formula is C47H83NO17. The van der Waals surface area contributed by atoms with Crippen molar-refractivity contribution < 1.29 is 82.1 Å². The molecule has 7 aliphatic heterocycles. The summed E-state index contributed by atoms with van der Waals surface area (Å²) in [5.41, 5.74) is -1.61. The van der Waals surface area contributed by atoms with E-state index < -0.39 is 102 Å². The summed E-state index contributed by atoms with van der Waals surface area (Å²) in [6.45, 7) is 17.4. The number of carbonyl (C=O) groups excluding carboxylic acids is 1.